The number of hydrogen-bond donors (Lipinski definition) is 3. The third-order valence-electron chi connectivity index (χ3n) is 3.95. The number of hydrogen-bond acceptors (Lipinski definition) is 6. The molecule has 0 aliphatic carbocycles. The zero-order valence-corrected chi connectivity index (χ0v) is 14.9. The number of benzene rings is 1. The average Bonchev–Trinajstić information content (AvgIpc) is 2.70. The van der Waals surface area contributed by atoms with Crippen molar-refractivity contribution in [2.24, 2.45) is 0 Å². The number of carbonyl (C=O) groups is 1. The summed E-state index contributed by atoms with van der Waals surface area (Å²) in [6.07, 6.45) is 2.05. The van der Waals surface area contributed by atoms with Crippen LogP contribution in [-0.2, 0) is 6.42 Å². The van der Waals surface area contributed by atoms with Crippen molar-refractivity contribution in [3.05, 3.63) is 70.0 Å². The minimum absolute atomic E-state index is 0.0116. The van der Waals surface area contributed by atoms with Gasteiger partial charge in [-0.15, -0.1) is 0 Å². The molecule has 1 amide bonds. The Morgan fingerprint density at radius 3 is 2.86 bits per heavy atom. The molecule has 0 fully saturated rings. The molecule has 8 nitrogen and oxygen atoms in total. The van der Waals surface area contributed by atoms with Crippen LogP contribution in [-0.4, -0.2) is 39.6 Å². The third-order valence-corrected chi connectivity index (χ3v) is 3.95. The minimum atomic E-state index is -0.933. The Morgan fingerprint density at radius 2 is 2.11 bits per heavy atom. The molecule has 0 aliphatic rings. The lowest BCUT2D eigenvalue weighted by molar-refractivity contribution is 0.0946. The highest BCUT2D eigenvalue weighted by Gasteiger charge is 2.19. The van der Waals surface area contributed by atoms with Crippen LogP contribution in [0.3, 0.4) is 0 Å². The second-order valence-corrected chi connectivity index (χ2v) is 5.80. The Kier molecular flexibility index (Phi) is 5.64. The lowest BCUT2D eigenvalue weighted by Crippen LogP contribution is -2.28. The van der Waals surface area contributed by atoms with E-state index in [9.17, 15) is 19.1 Å². The van der Waals surface area contributed by atoms with E-state index in [1.54, 1.807) is 24.4 Å². The number of halogens is 1. The Labute approximate surface area is 159 Å². The Balaban J connectivity index is 1.77. The van der Waals surface area contributed by atoms with Crippen LogP contribution in [0.1, 0.15) is 16.1 Å². The van der Waals surface area contributed by atoms with Gasteiger partial charge in [0.05, 0.1) is 12.7 Å². The molecule has 1 aromatic carbocycles. The number of rotatable bonds is 6. The van der Waals surface area contributed by atoms with Gasteiger partial charge in [0.25, 0.3) is 11.5 Å². The molecule has 0 aliphatic heterocycles. The fraction of sp³-hybridized carbons (Fsp3) is 0.158. The number of amides is 1. The number of carbonyl (C=O) groups excluding carboxylic acids is 1. The second kappa shape index (κ2) is 8.30. The highest BCUT2D eigenvalue weighted by Crippen LogP contribution is 2.20. The first-order valence-corrected chi connectivity index (χ1v) is 8.35. The molecule has 2 heterocycles. The normalized spacial score (nSPS) is 10.5. The SMILES string of the molecule is COc1cc(CCNC(=O)c2nc(-c3ccccc3F)[nH]c(=O)c2O)ccn1. The van der Waals surface area contributed by atoms with E-state index < -0.39 is 28.7 Å². The molecule has 144 valence electrons. The van der Waals surface area contributed by atoms with Gasteiger partial charge in [0, 0.05) is 18.8 Å². The minimum Gasteiger partial charge on any atom is -0.501 e. The summed E-state index contributed by atoms with van der Waals surface area (Å²) in [6.45, 7) is 0.217. The molecule has 0 saturated heterocycles. The number of methoxy groups -OCH3 is 1. The summed E-state index contributed by atoms with van der Waals surface area (Å²) in [7, 11) is 1.50. The maximum atomic E-state index is 14.0. The van der Waals surface area contributed by atoms with E-state index in [1.807, 2.05) is 0 Å². The maximum Gasteiger partial charge on any atom is 0.294 e. The summed E-state index contributed by atoms with van der Waals surface area (Å²) in [4.78, 5) is 34.5. The number of aromatic hydroxyl groups is 1. The van der Waals surface area contributed by atoms with Gasteiger partial charge in [-0.2, -0.15) is 0 Å². The Hall–Kier alpha value is -3.75. The molecule has 0 atom stereocenters. The van der Waals surface area contributed by atoms with Crippen molar-refractivity contribution in [1.29, 1.82) is 0 Å². The monoisotopic (exact) mass is 384 g/mol. The van der Waals surface area contributed by atoms with Crippen molar-refractivity contribution in [1.82, 2.24) is 20.3 Å². The molecule has 28 heavy (non-hydrogen) atoms. The van der Waals surface area contributed by atoms with Gasteiger partial charge in [-0.1, -0.05) is 12.1 Å². The van der Waals surface area contributed by atoms with Crippen LogP contribution >= 0.6 is 0 Å². The molecule has 9 heteroatoms. The summed E-state index contributed by atoms with van der Waals surface area (Å²) >= 11 is 0. The summed E-state index contributed by atoms with van der Waals surface area (Å²) < 4.78 is 19.0. The fourth-order valence-corrected chi connectivity index (χ4v) is 2.53. The number of nitrogens with one attached hydrogen (secondary N) is 2. The quantitative estimate of drug-likeness (QED) is 0.595. The molecule has 3 rings (SSSR count). The van der Waals surface area contributed by atoms with Crippen LogP contribution in [0.15, 0.2) is 47.4 Å². The van der Waals surface area contributed by atoms with E-state index in [1.165, 1.54) is 25.3 Å². The van der Waals surface area contributed by atoms with Gasteiger partial charge in [0.2, 0.25) is 11.6 Å². The largest absolute Gasteiger partial charge is 0.501 e. The zero-order valence-electron chi connectivity index (χ0n) is 14.9. The number of H-pyrrole nitrogens is 1. The van der Waals surface area contributed by atoms with E-state index >= 15 is 0 Å². The number of ether oxygens (including phenoxy) is 1. The van der Waals surface area contributed by atoms with Gasteiger partial charge in [-0.3, -0.25) is 9.59 Å². The predicted octanol–water partition coefficient (Wildman–Crippen LogP) is 1.66. The fourth-order valence-electron chi connectivity index (χ4n) is 2.53. The van der Waals surface area contributed by atoms with Crippen LogP contribution in [0, 0.1) is 5.82 Å². The average molecular weight is 384 g/mol. The highest BCUT2D eigenvalue weighted by atomic mass is 19.1. The molecule has 2 aromatic heterocycles. The van der Waals surface area contributed by atoms with Gasteiger partial charge in [0.15, 0.2) is 5.69 Å². The van der Waals surface area contributed by atoms with Crippen LogP contribution in [0.25, 0.3) is 11.4 Å². The Bertz CT molecular complexity index is 1070. The van der Waals surface area contributed by atoms with Gasteiger partial charge < -0.3 is 20.1 Å². The molecule has 0 bridgehead atoms. The molecular weight excluding hydrogens is 367 g/mol. The van der Waals surface area contributed by atoms with Crippen molar-refractivity contribution >= 4 is 5.91 Å². The first-order valence-electron chi connectivity index (χ1n) is 8.35. The lowest BCUT2D eigenvalue weighted by atomic mass is 10.2. The van der Waals surface area contributed by atoms with Crippen LogP contribution in [0.2, 0.25) is 0 Å². The van der Waals surface area contributed by atoms with Crippen molar-refractivity contribution in [2.45, 2.75) is 6.42 Å². The third kappa shape index (κ3) is 4.14. The molecule has 3 aromatic rings. The van der Waals surface area contributed by atoms with Crippen LogP contribution < -0.4 is 15.6 Å². The first kappa shape index (κ1) is 19.0. The first-order chi connectivity index (χ1) is 13.5. The smallest absolute Gasteiger partial charge is 0.294 e. The van der Waals surface area contributed by atoms with Gasteiger partial charge in [-0.25, -0.2) is 14.4 Å². The number of aromatic amines is 1. The van der Waals surface area contributed by atoms with E-state index in [0.717, 1.165) is 5.56 Å². The topological polar surface area (TPSA) is 117 Å². The molecular formula is C19H17FN4O4. The number of nitrogens with zero attached hydrogens (tertiary/aromatic N) is 2. The van der Waals surface area contributed by atoms with Crippen LogP contribution in [0.4, 0.5) is 4.39 Å². The summed E-state index contributed by atoms with van der Waals surface area (Å²) in [5.74, 6) is -1.89. The maximum absolute atomic E-state index is 14.0. The van der Waals surface area contributed by atoms with Crippen molar-refractivity contribution in [3.8, 4) is 23.0 Å². The van der Waals surface area contributed by atoms with Gasteiger partial charge >= 0.3 is 0 Å². The standard InChI is InChI=1S/C19H17FN4O4/c1-28-14-10-11(6-8-21-14)7-9-22-18(26)15-16(25)19(27)24-17(23-15)12-4-2-3-5-13(12)20/h2-6,8,10,25H,7,9H2,1H3,(H,22,26)(H,23,24,27). The van der Waals surface area contributed by atoms with Crippen molar-refractivity contribution < 1.29 is 19.0 Å². The second-order valence-electron chi connectivity index (χ2n) is 5.80. The van der Waals surface area contributed by atoms with E-state index in [2.05, 4.69) is 20.3 Å². The molecule has 0 saturated carbocycles. The summed E-state index contributed by atoms with van der Waals surface area (Å²) in [5, 5.41) is 12.5. The highest BCUT2D eigenvalue weighted by molar-refractivity contribution is 5.95. The van der Waals surface area contributed by atoms with Crippen molar-refractivity contribution in [3.63, 3.8) is 0 Å². The van der Waals surface area contributed by atoms with E-state index in [-0.39, 0.29) is 17.9 Å². The molecule has 3 N–H and O–H groups in total. The summed E-state index contributed by atoms with van der Waals surface area (Å²) in [6, 6.07) is 9.15. The molecule has 0 spiro atoms. The van der Waals surface area contributed by atoms with Gasteiger partial charge in [0.1, 0.15) is 11.6 Å². The van der Waals surface area contributed by atoms with Gasteiger partial charge in [-0.05, 0) is 30.2 Å². The molecule has 0 unspecified atom stereocenters. The summed E-state index contributed by atoms with van der Waals surface area (Å²) in [5.41, 5.74) is -0.522. The van der Waals surface area contributed by atoms with Crippen LogP contribution in [0.5, 0.6) is 11.6 Å². The lowest BCUT2D eigenvalue weighted by Gasteiger charge is -2.09. The molecule has 0 radical (unpaired) electrons. The van der Waals surface area contributed by atoms with Crippen molar-refractivity contribution in [2.75, 3.05) is 13.7 Å². The predicted molar refractivity (Wildman–Crippen MR) is 98.7 cm³/mol. The zero-order chi connectivity index (χ0) is 20.1. The van der Waals surface area contributed by atoms with E-state index in [4.69, 9.17) is 4.74 Å². The number of aromatic nitrogens is 3. The number of pyridine rings is 1. The Morgan fingerprint density at radius 1 is 1.32 bits per heavy atom. The van der Waals surface area contributed by atoms with E-state index in [0.29, 0.717) is 12.3 Å².